The van der Waals surface area contributed by atoms with Crippen LogP contribution in [-0.4, -0.2) is 60.4 Å². The molecule has 2 fully saturated rings. The summed E-state index contributed by atoms with van der Waals surface area (Å²) in [5, 5.41) is 9.13. The Labute approximate surface area is 106 Å². The molecule has 0 saturated carbocycles. The van der Waals surface area contributed by atoms with Gasteiger partial charge in [-0.05, 0) is 19.8 Å². The topological polar surface area (TPSA) is 76.1 Å². The highest BCUT2D eigenvalue weighted by molar-refractivity contribution is 5.82. The van der Waals surface area contributed by atoms with Crippen molar-refractivity contribution in [2.45, 2.75) is 31.9 Å². The highest BCUT2D eigenvalue weighted by Crippen LogP contribution is 2.23. The summed E-state index contributed by atoms with van der Waals surface area (Å²) in [6, 6.07) is -0.371. The molecule has 0 aromatic heterocycles. The van der Waals surface area contributed by atoms with E-state index in [2.05, 4.69) is 0 Å². The Hall–Kier alpha value is -1.14. The number of likely N-dealkylation sites (N-methyl/N-ethyl adjacent to an activating group) is 1. The number of aliphatic carboxylic acids is 1. The molecule has 2 heterocycles. The van der Waals surface area contributed by atoms with E-state index in [1.165, 1.54) is 0 Å². The number of nitrogens with zero attached hydrogens (tertiary/aromatic N) is 1. The second-order valence-electron chi connectivity index (χ2n) is 4.68. The molecule has 1 amide bonds. The van der Waals surface area contributed by atoms with Crippen LogP contribution in [0.5, 0.6) is 0 Å². The van der Waals surface area contributed by atoms with Crippen LogP contribution < -0.4 is 0 Å². The number of hydrogen-bond donors (Lipinski definition) is 1. The molecule has 2 saturated heterocycles. The van der Waals surface area contributed by atoms with Crippen molar-refractivity contribution in [3.8, 4) is 0 Å². The maximum absolute atomic E-state index is 12.3. The quantitative estimate of drug-likeness (QED) is 0.773. The molecule has 1 N–H and O–H groups in total. The van der Waals surface area contributed by atoms with Crippen molar-refractivity contribution < 1.29 is 24.2 Å². The molecule has 2 aliphatic heterocycles. The fourth-order valence-corrected chi connectivity index (χ4v) is 2.60. The van der Waals surface area contributed by atoms with Gasteiger partial charge in [0.2, 0.25) is 0 Å². The van der Waals surface area contributed by atoms with E-state index in [1.807, 2.05) is 6.92 Å². The molecule has 18 heavy (non-hydrogen) atoms. The predicted octanol–water partition coefficient (Wildman–Crippen LogP) is 0.114. The fourth-order valence-electron chi connectivity index (χ4n) is 2.60. The lowest BCUT2D eigenvalue weighted by Crippen LogP contribution is -2.50. The van der Waals surface area contributed by atoms with Crippen LogP contribution >= 0.6 is 0 Å². The monoisotopic (exact) mass is 257 g/mol. The van der Waals surface area contributed by atoms with Crippen molar-refractivity contribution in [2.75, 3.05) is 26.4 Å². The van der Waals surface area contributed by atoms with Gasteiger partial charge in [-0.3, -0.25) is 9.59 Å². The van der Waals surface area contributed by atoms with Crippen LogP contribution in [-0.2, 0) is 19.1 Å². The summed E-state index contributed by atoms with van der Waals surface area (Å²) in [6.45, 7) is 3.41. The molecule has 0 aromatic carbocycles. The van der Waals surface area contributed by atoms with Gasteiger partial charge in [0.15, 0.2) is 0 Å². The summed E-state index contributed by atoms with van der Waals surface area (Å²) in [5.74, 6) is -1.64. The second kappa shape index (κ2) is 5.67. The Morgan fingerprint density at radius 1 is 1.39 bits per heavy atom. The lowest BCUT2D eigenvalue weighted by Gasteiger charge is -2.31. The summed E-state index contributed by atoms with van der Waals surface area (Å²) in [4.78, 5) is 25.0. The molecular formula is C12H19NO5. The molecular weight excluding hydrogens is 238 g/mol. The number of hydrogen-bond acceptors (Lipinski definition) is 4. The minimum Gasteiger partial charge on any atom is -0.481 e. The van der Waals surface area contributed by atoms with Gasteiger partial charge < -0.3 is 19.5 Å². The summed E-state index contributed by atoms with van der Waals surface area (Å²) >= 11 is 0. The highest BCUT2D eigenvalue weighted by Gasteiger charge is 2.41. The molecule has 2 aliphatic rings. The Balaban J connectivity index is 2.07. The molecule has 6 nitrogen and oxygen atoms in total. The fraction of sp³-hybridized carbons (Fsp3) is 0.833. The number of carboxylic acids is 1. The maximum atomic E-state index is 12.3. The molecule has 2 unspecified atom stereocenters. The standard InChI is InChI=1S/C12H19NO5/c1-2-13(11(14)10-4-3-5-18-10)9-7-17-6-8(9)12(15)16/h8-10H,2-7H2,1H3,(H,15,16)/t8?,9?,10-/m0/s1. The average molecular weight is 257 g/mol. The molecule has 6 heteroatoms. The number of rotatable bonds is 4. The van der Waals surface area contributed by atoms with Gasteiger partial charge in [0.1, 0.15) is 12.0 Å². The molecule has 0 aromatic rings. The summed E-state index contributed by atoms with van der Waals surface area (Å²) in [7, 11) is 0. The van der Waals surface area contributed by atoms with E-state index >= 15 is 0 Å². The number of amides is 1. The highest BCUT2D eigenvalue weighted by atomic mass is 16.5. The smallest absolute Gasteiger partial charge is 0.311 e. The van der Waals surface area contributed by atoms with E-state index in [4.69, 9.17) is 14.6 Å². The first-order valence-corrected chi connectivity index (χ1v) is 6.37. The van der Waals surface area contributed by atoms with Gasteiger partial charge in [-0.1, -0.05) is 0 Å². The Morgan fingerprint density at radius 2 is 2.17 bits per heavy atom. The van der Waals surface area contributed by atoms with Crippen LogP contribution in [0, 0.1) is 5.92 Å². The molecule has 102 valence electrons. The van der Waals surface area contributed by atoms with Crippen LogP contribution in [0.25, 0.3) is 0 Å². The third-order valence-corrected chi connectivity index (χ3v) is 3.60. The first kappa shape index (κ1) is 13.3. The van der Waals surface area contributed by atoms with Crippen molar-refractivity contribution in [3.05, 3.63) is 0 Å². The van der Waals surface area contributed by atoms with E-state index in [1.54, 1.807) is 4.90 Å². The Morgan fingerprint density at radius 3 is 2.72 bits per heavy atom. The minimum absolute atomic E-state index is 0.100. The van der Waals surface area contributed by atoms with E-state index in [-0.39, 0.29) is 18.6 Å². The van der Waals surface area contributed by atoms with Gasteiger partial charge in [-0.25, -0.2) is 0 Å². The Bertz CT molecular complexity index is 326. The van der Waals surface area contributed by atoms with Gasteiger partial charge in [0, 0.05) is 13.2 Å². The van der Waals surface area contributed by atoms with E-state index in [0.717, 1.165) is 12.8 Å². The summed E-state index contributed by atoms with van der Waals surface area (Å²) in [5.41, 5.74) is 0. The zero-order valence-electron chi connectivity index (χ0n) is 10.5. The third-order valence-electron chi connectivity index (χ3n) is 3.60. The first-order valence-electron chi connectivity index (χ1n) is 6.37. The lowest BCUT2D eigenvalue weighted by atomic mass is 10.0. The maximum Gasteiger partial charge on any atom is 0.311 e. The van der Waals surface area contributed by atoms with Crippen molar-refractivity contribution >= 4 is 11.9 Å². The van der Waals surface area contributed by atoms with E-state index in [0.29, 0.717) is 19.8 Å². The number of carbonyl (C=O) groups is 2. The summed E-state index contributed by atoms with van der Waals surface area (Å²) < 4.78 is 10.6. The molecule has 0 aliphatic carbocycles. The van der Waals surface area contributed by atoms with Gasteiger partial charge in [0.05, 0.1) is 19.3 Å². The zero-order chi connectivity index (χ0) is 13.1. The van der Waals surface area contributed by atoms with Crippen molar-refractivity contribution in [1.29, 1.82) is 0 Å². The van der Waals surface area contributed by atoms with Crippen LogP contribution in [0.2, 0.25) is 0 Å². The van der Waals surface area contributed by atoms with Gasteiger partial charge in [-0.15, -0.1) is 0 Å². The normalized spacial score (nSPS) is 31.5. The average Bonchev–Trinajstić information content (AvgIpc) is 3.00. The van der Waals surface area contributed by atoms with Crippen molar-refractivity contribution in [2.24, 2.45) is 5.92 Å². The van der Waals surface area contributed by atoms with E-state index in [9.17, 15) is 9.59 Å². The van der Waals surface area contributed by atoms with Gasteiger partial charge in [-0.2, -0.15) is 0 Å². The first-order chi connectivity index (χ1) is 8.65. The van der Waals surface area contributed by atoms with Crippen molar-refractivity contribution in [3.63, 3.8) is 0 Å². The molecule has 3 atom stereocenters. The second-order valence-corrected chi connectivity index (χ2v) is 4.68. The number of ether oxygens (including phenoxy) is 2. The Kier molecular flexibility index (Phi) is 4.19. The van der Waals surface area contributed by atoms with Crippen molar-refractivity contribution in [1.82, 2.24) is 4.90 Å². The molecule has 0 radical (unpaired) electrons. The summed E-state index contributed by atoms with van der Waals surface area (Å²) in [6.07, 6.45) is 1.21. The number of carbonyl (C=O) groups excluding carboxylic acids is 1. The molecule has 0 spiro atoms. The van der Waals surface area contributed by atoms with Crippen LogP contribution in [0.4, 0.5) is 0 Å². The van der Waals surface area contributed by atoms with Crippen LogP contribution in [0.1, 0.15) is 19.8 Å². The SMILES string of the molecule is CCN(C(=O)[C@@H]1CCCO1)C1COCC1C(=O)O. The lowest BCUT2D eigenvalue weighted by molar-refractivity contribution is -0.148. The molecule has 2 rings (SSSR count). The zero-order valence-corrected chi connectivity index (χ0v) is 10.5. The molecule has 0 bridgehead atoms. The van der Waals surface area contributed by atoms with Crippen LogP contribution in [0.3, 0.4) is 0 Å². The van der Waals surface area contributed by atoms with E-state index < -0.39 is 18.0 Å². The number of carboxylic acid groups (broad SMARTS) is 1. The van der Waals surface area contributed by atoms with Crippen LogP contribution in [0.15, 0.2) is 0 Å². The third kappa shape index (κ3) is 2.49. The largest absolute Gasteiger partial charge is 0.481 e. The van der Waals surface area contributed by atoms with Gasteiger partial charge in [0.25, 0.3) is 5.91 Å². The van der Waals surface area contributed by atoms with Gasteiger partial charge >= 0.3 is 5.97 Å². The predicted molar refractivity (Wildman–Crippen MR) is 62.1 cm³/mol. The minimum atomic E-state index is -0.906.